The fourth-order valence-electron chi connectivity index (χ4n) is 6.20. The van der Waals surface area contributed by atoms with Crippen molar-refractivity contribution in [3.05, 3.63) is 69.4 Å². The van der Waals surface area contributed by atoms with Gasteiger partial charge in [0.05, 0.1) is 42.1 Å². The van der Waals surface area contributed by atoms with Gasteiger partial charge in [0.25, 0.3) is 0 Å². The number of benzene rings is 2. The van der Waals surface area contributed by atoms with Crippen LogP contribution < -0.4 is 4.90 Å². The molecule has 3 atom stereocenters. The summed E-state index contributed by atoms with van der Waals surface area (Å²) in [6, 6.07) is 14.2. The van der Waals surface area contributed by atoms with Crippen molar-refractivity contribution >= 4 is 36.5 Å². The van der Waals surface area contributed by atoms with Crippen LogP contribution in [0, 0.1) is 5.92 Å². The number of anilines is 1. The molecule has 2 heterocycles. The SMILES string of the molecule is CCOP(=O)(Cc1ccc(N2C[C@@H]3C[C@H]2C[C@H]3OCc2c(-c3c(Cl)cccc3Cl)noc2C2CC2)cc1)OCC. The van der Waals surface area contributed by atoms with E-state index in [9.17, 15) is 4.57 Å². The van der Waals surface area contributed by atoms with Crippen LogP contribution in [0.3, 0.4) is 0 Å². The van der Waals surface area contributed by atoms with Crippen molar-refractivity contribution in [2.75, 3.05) is 24.7 Å². The van der Waals surface area contributed by atoms with Crippen LogP contribution in [0.15, 0.2) is 47.0 Å². The summed E-state index contributed by atoms with van der Waals surface area (Å²) in [5.74, 6) is 1.77. The highest BCUT2D eigenvalue weighted by Crippen LogP contribution is 2.52. The number of rotatable bonds is 12. The largest absolute Gasteiger partial charge is 0.373 e. The fraction of sp³-hybridized carbons (Fsp3) is 0.500. The second-order valence-corrected chi connectivity index (χ2v) is 13.8. The van der Waals surface area contributed by atoms with Gasteiger partial charge in [0.15, 0.2) is 0 Å². The molecule has 7 nitrogen and oxygen atoms in total. The van der Waals surface area contributed by atoms with Gasteiger partial charge < -0.3 is 23.2 Å². The van der Waals surface area contributed by atoms with E-state index in [1.54, 1.807) is 0 Å². The Kier molecular flexibility index (Phi) is 8.33. The Hall–Kier alpha value is -1.86. The van der Waals surface area contributed by atoms with Crippen molar-refractivity contribution in [2.45, 2.75) is 70.4 Å². The molecule has 6 rings (SSSR count). The molecule has 2 aromatic carbocycles. The zero-order chi connectivity index (χ0) is 27.9. The van der Waals surface area contributed by atoms with Crippen LogP contribution in [0.2, 0.25) is 10.0 Å². The molecule has 3 aromatic rings. The Morgan fingerprint density at radius 3 is 2.33 bits per heavy atom. The number of hydrogen-bond donors (Lipinski definition) is 0. The Bertz CT molecular complexity index is 1360. The number of aromatic nitrogens is 1. The minimum Gasteiger partial charge on any atom is -0.373 e. The summed E-state index contributed by atoms with van der Waals surface area (Å²) >= 11 is 13.0. The summed E-state index contributed by atoms with van der Waals surface area (Å²) in [4.78, 5) is 2.48. The molecule has 0 radical (unpaired) electrons. The molecule has 3 fully saturated rings. The molecular formula is C30H35Cl2N2O5P. The van der Waals surface area contributed by atoms with Crippen LogP contribution in [0.4, 0.5) is 5.69 Å². The van der Waals surface area contributed by atoms with Crippen molar-refractivity contribution in [2.24, 2.45) is 5.92 Å². The zero-order valence-electron chi connectivity index (χ0n) is 22.9. The van der Waals surface area contributed by atoms with Gasteiger partial charge in [-0.1, -0.05) is 46.6 Å². The summed E-state index contributed by atoms with van der Waals surface area (Å²) in [6.07, 6.45) is 4.76. The number of ether oxygens (including phenoxy) is 1. The van der Waals surface area contributed by atoms with E-state index < -0.39 is 7.60 Å². The molecule has 1 aromatic heterocycles. The molecular weight excluding hydrogens is 570 g/mol. The highest BCUT2D eigenvalue weighted by molar-refractivity contribution is 7.53. The maximum absolute atomic E-state index is 12.9. The third-order valence-corrected chi connectivity index (χ3v) is 10.9. The van der Waals surface area contributed by atoms with E-state index in [1.807, 2.05) is 44.2 Å². The van der Waals surface area contributed by atoms with E-state index in [0.717, 1.165) is 49.1 Å². The predicted octanol–water partition coefficient (Wildman–Crippen LogP) is 8.48. The molecule has 0 unspecified atom stereocenters. The fourth-order valence-corrected chi connectivity index (χ4v) is 8.48. The van der Waals surface area contributed by atoms with E-state index in [0.29, 0.717) is 59.0 Å². The summed E-state index contributed by atoms with van der Waals surface area (Å²) < 4.78 is 36.2. The Morgan fingerprint density at radius 2 is 1.73 bits per heavy atom. The number of nitrogens with zero attached hydrogens (tertiary/aromatic N) is 2. The van der Waals surface area contributed by atoms with E-state index in [1.165, 1.54) is 5.69 Å². The van der Waals surface area contributed by atoms with E-state index in [2.05, 4.69) is 22.2 Å². The first-order valence-corrected chi connectivity index (χ1v) is 16.7. The van der Waals surface area contributed by atoms with Gasteiger partial charge in [-0.3, -0.25) is 4.57 Å². The molecule has 40 heavy (non-hydrogen) atoms. The second-order valence-electron chi connectivity index (χ2n) is 10.9. The van der Waals surface area contributed by atoms with Crippen molar-refractivity contribution in [3.8, 4) is 11.3 Å². The lowest BCUT2D eigenvalue weighted by molar-refractivity contribution is 0.0122. The molecule has 2 aliphatic carbocycles. The van der Waals surface area contributed by atoms with Crippen molar-refractivity contribution in [1.29, 1.82) is 0 Å². The number of fused-ring (bicyclic) bond motifs is 2. The van der Waals surface area contributed by atoms with Gasteiger partial charge in [-0.15, -0.1) is 0 Å². The topological polar surface area (TPSA) is 74.0 Å². The van der Waals surface area contributed by atoms with Crippen LogP contribution in [-0.2, 0) is 31.1 Å². The van der Waals surface area contributed by atoms with Crippen LogP contribution in [0.1, 0.15) is 62.3 Å². The molecule has 0 amide bonds. The lowest BCUT2D eigenvalue weighted by atomic mass is 10.0. The lowest BCUT2D eigenvalue weighted by Gasteiger charge is -2.33. The molecule has 0 N–H and O–H groups in total. The quantitative estimate of drug-likeness (QED) is 0.192. The summed E-state index contributed by atoms with van der Waals surface area (Å²) in [5, 5.41) is 5.52. The van der Waals surface area contributed by atoms with E-state index in [-0.39, 0.29) is 12.3 Å². The minimum atomic E-state index is -3.12. The molecule has 214 valence electrons. The molecule has 1 aliphatic heterocycles. The second kappa shape index (κ2) is 11.8. The minimum absolute atomic E-state index is 0.181. The summed E-state index contributed by atoms with van der Waals surface area (Å²) in [7, 11) is -3.12. The van der Waals surface area contributed by atoms with Crippen LogP contribution in [0.25, 0.3) is 11.3 Å². The van der Waals surface area contributed by atoms with Gasteiger partial charge in [-0.25, -0.2) is 0 Å². The van der Waals surface area contributed by atoms with Gasteiger partial charge in [-0.2, -0.15) is 0 Å². The maximum atomic E-state index is 12.9. The van der Waals surface area contributed by atoms with E-state index >= 15 is 0 Å². The Labute approximate surface area is 245 Å². The maximum Gasteiger partial charge on any atom is 0.335 e. The normalized spacial score (nSPS) is 22.4. The Morgan fingerprint density at radius 1 is 1.02 bits per heavy atom. The smallest absolute Gasteiger partial charge is 0.335 e. The monoisotopic (exact) mass is 604 g/mol. The first-order chi connectivity index (χ1) is 19.4. The van der Waals surface area contributed by atoms with Gasteiger partial charge in [0.2, 0.25) is 0 Å². The zero-order valence-corrected chi connectivity index (χ0v) is 25.3. The molecule has 10 heteroatoms. The van der Waals surface area contributed by atoms with Gasteiger partial charge in [0.1, 0.15) is 11.5 Å². The number of halogens is 2. The Balaban J connectivity index is 1.11. The molecule has 1 saturated heterocycles. The van der Waals surface area contributed by atoms with Crippen LogP contribution in [-0.4, -0.2) is 37.1 Å². The molecule has 2 bridgehead atoms. The van der Waals surface area contributed by atoms with Crippen LogP contribution >= 0.6 is 30.8 Å². The summed E-state index contributed by atoms with van der Waals surface area (Å²) in [6.45, 7) is 5.79. The standard InChI is InChI=1S/C30H35Cl2N2O5P/c1-3-37-40(35,38-4-2)18-19-8-12-22(13-9-19)34-16-21-14-23(34)15-27(21)36-17-24-29(33-39-30(24)20-10-11-20)28-25(31)6-5-7-26(28)32/h5-9,12-13,20-21,23,27H,3-4,10-11,14-18H2,1-2H3/t21-,23-,27+/m0/s1. The third kappa shape index (κ3) is 5.74. The van der Waals surface area contributed by atoms with Gasteiger partial charge in [-0.05, 0) is 69.4 Å². The van der Waals surface area contributed by atoms with Crippen LogP contribution in [0.5, 0.6) is 0 Å². The van der Waals surface area contributed by atoms with E-state index in [4.69, 9.17) is 41.5 Å². The highest BCUT2D eigenvalue weighted by Gasteiger charge is 2.45. The van der Waals surface area contributed by atoms with Crippen molar-refractivity contribution in [3.63, 3.8) is 0 Å². The number of hydrogen-bond acceptors (Lipinski definition) is 7. The van der Waals surface area contributed by atoms with Gasteiger partial charge in [0, 0.05) is 41.2 Å². The average Bonchev–Trinajstić information content (AvgIpc) is 3.38. The molecule has 0 spiro atoms. The third-order valence-electron chi connectivity index (χ3n) is 8.18. The predicted molar refractivity (Wildman–Crippen MR) is 157 cm³/mol. The highest BCUT2D eigenvalue weighted by atomic mass is 35.5. The molecule has 2 saturated carbocycles. The number of piperidine rings is 1. The van der Waals surface area contributed by atoms with Crippen molar-refractivity contribution < 1.29 is 22.9 Å². The average molecular weight is 605 g/mol. The molecule has 3 aliphatic rings. The summed E-state index contributed by atoms with van der Waals surface area (Å²) in [5.41, 5.74) is 4.52. The first-order valence-electron chi connectivity index (χ1n) is 14.2. The first kappa shape index (κ1) is 28.3. The van der Waals surface area contributed by atoms with Gasteiger partial charge >= 0.3 is 7.60 Å². The lowest BCUT2D eigenvalue weighted by Crippen LogP contribution is -2.38. The van der Waals surface area contributed by atoms with Crippen molar-refractivity contribution in [1.82, 2.24) is 5.16 Å².